The highest BCUT2D eigenvalue weighted by Gasteiger charge is 2.08. The SMILES string of the molecule is Oc1c(/C=N/[C@@H](O)c2ccccc2)cccc1/C=N/[C@@H](O)c1ccccc1. The summed E-state index contributed by atoms with van der Waals surface area (Å²) in [5, 5.41) is 30.6. The zero-order valence-electron chi connectivity index (χ0n) is 14.6. The number of rotatable bonds is 6. The number of hydrogen-bond acceptors (Lipinski definition) is 5. The molecule has 136 valence electrons. The van der Waals surface area contributed by atoms with E-state index in [2.05, 4.69) is 9.98 Å². The number of hydrogen-bond donors (Lipinski definition) is 3. The molecule has 0 saturated heterocycles. The van der Waals surface area contributed by atoms with Crippen LogP contribution in [0.25, 0.3) is 0 Å². The smallest absolute Gasteiger partial charge is 0.171 e. The first kappa shape index (κ1) is 18.5. The molecule has 3 aromatic rings. The minimum Gasteiger partial charge on any atom is -0.507 e. The molecule has 0 unspecified atom stereocenters. The highest BCUT2D eigenvalue weighted by molar-refractivity contribution is 5.91. The van der Waals surface area contributed by atoms with Gasteiger partial charge in [-0.25, -0.2) is 0 Å². The Balaban J connectivity index is 1.76. The molecule has 0 amide bonds. The highest BCUT2D eigenvalue weighted by atomic mass is 16.3. The second kappa shape index (κ2) is 8.89. The van der Waals surface area contributed by atoms with Gasteiger partial charge < -0.3 is 15.3 Å². The summed E-state index contributed by atoms with van der Waals surface area (Å²) >= 11 is 0. The molecule has 0 fully saturated rings. The van der Waals surface area contributed by atoms with Crippen LogP contribution in [0.2, 0.25) is 0 Å². The van der Waals surface area contributed by atoms with Gasteiger partial charge in [-0.15, -0.1) is 0 Å². The van der Waals surface area contributed by atoms with Crippen LogP contribution in [0.4, 0.5) is 0 Å². The van der Waals surface area contributed by atoms with Crippen molar-refractivity contribution in [1.29, 1.82) is 0 Å². The van der Waals surface area contributed by atoms with Gasteiger partial charge in [-0.1, -0.05) is 66.7 Å². The van der Waals surface area contributed by atoms with Crippen molar-refractivity contribution < 1.29 is 15.3 Å². The first-order chi connectivity index (χ1) is 13.1. The van der Waals surface area contributed by atoms with Crippen molar-refractivity contribution in [2.45, 2.75) is 12.5 Å². The molecule has 5 nitrogen and oxygen atoms in total. The van der Waals surface area contributed by atoms with Crippen LogP contribution in [0.3, 0.4) is 0 Å². The fourth-order valence-electron chi connectivity index (χ4n) is 2.51. The Morgan fingerprint density at radius 3 is 1.41 bits per heavy atom. The average Bonchev–Trinajstić information content (AvgIpc) is 2.73. The summed E-state index contributed by atoms with van der Waals surface area (Å²) < 4.78 is 0. The maximum atomic E-state index is 10.4. The number of aliphatic hydroxyl groups is 2. The monoisotopic (exact) mass is 360 g/mol. The van der Waals surface area contributed by atoms with E-state index in [0.717, 1.165) is 0 Å². The number of benzene rings is 3. The summed E-state index contributed by atoms with van der Waals surface area (Å²) in [6.07, 6.45) is 0.807. The molecular weight excluding hydrogens is 340 g/mol. The lowest BCUT2D eigenvalue weighted by molar-refractivity contribution is 0.189. The summed E-state index contributed by atoms with van der Waals surface area (Å²) in [7, 11) is 0. The Hall–Kier alpha value is -3.28. The number of aliphatic hydroxyl groups excluding tert-OH is 2. The van der Waals surface area contributed by atoms with Gasteiger partial charge in [-0.2, -0.15) is 0 Å². The van der Waals surface area contributed by atoms with Crippen molar-refractivity contribution in [3.63, 3.8) is 0 Å². The molecule has 0 aliphatic carbocycles. The predicted octanol–water partition coefficient (Wildman–Crippen LogP) is 3.61. The standard InChI is InChI=1S/C22H20N2O3/c25-20-18(14-23-21(26)16-8-3-1-4-9-16)12-7-13-19(20)15-24-22(27)17-10-5-2-6-11-17/h1-15,21-22,25-27H/b23-14+,24-15+/t21-,22-/m0/s1. The number of phenolic OH excluding ortho intramolecular Hbond substituents is 1. The summed E-state index contributed by atoms with van der Waals surface area (Å²) in [5.41, 5.74) is 2.22. The van der Waals surface area contributed by atoms with E-state index >= 15 is 0 Å². The summed E-state index contributed by atoms with van der Waals surface area (Å²) in [4.78, 5) is 8.17. The fourth-order valence-corrected chi connectivity index (χ4v) is 2.51. The van der Waals surface area contributed by atoms with Crippen molar-refractivity contribution in [3.05, 3.63) is 101 Å². The second-order valence-electron chi connectivity index (χ2n) is 5.91. The molecule has 0 heterocycles. The van der Waals surface area contributed by atoms with E-state index in [1.54, 1.807) is 42.5 Å². The lowest BCUT2D eigenvalue weighted by Gasteiger charge is -2.07. The van der Waals surface area contributed by atoms with Gasteiger partial charge in [0.2, 0.25) is 0 Å². The Morgan fingerprint density at radius 2 is 1.00 bits per heavy atom. The van der Waals surface area contributed by atoms with Crippen molar-refractivity contribution in [3.8, 4) is 5.75 Å². The minimum atomic E-state index is -1.01. The second-order valence-corrected chi connectivity index (χ2v) is 5.91. The van der Waals surface area contributed by atoms with E-state index < -0.39 is 12.5 Å². The molecule has 5 heteroatoms. The van der Waals surface area contributed by atoms with Gasteiger partial charge in [0.05, 0.1) is 0 Å². The van der Waals surface area contributed by atoms with E-state index in [0.29, 0.717) is 22.3 Å². The first-order valence-corrected chi connectivity index (χ1v) is 8.49. The van der Waals surface area contributed by atoms with Crippen LogP contribution in [0, 0.1) is 0 Å². The van der Waals surface area contributed by atoms with Crippen LogP contribution in [-0.2, 0) is 0 Å². The van der Waals surface area contributed by atoms with Crippen LogP contribution in [0.1, 0.15) is 34.7 Å². The van der Waals surface area contributed by atoms with E-state index in [1.165, 1.54) is 12.4 Å². The largest absolute Gasteiger partial charge is 0.507 e. The quantitative estimate of drug-likeness (QED) is 0.587. The van der Waals surface area contributed by atoms with Crippen LogP contribution < -0.4 is 0 Å². The third kappa shape index (κ3) is 4.88. The van der Waals surface area contributed by atoms with Crippen LogP contribution >= 0.6 is 0 Å². The molecule has 3 rings (SSSR count). The van der Waals surface area contributed by atoms with Gasteiger partial charge in [-0.3, -0.25) is 9.98 Å². The number of aliphatic imine (C=N–C) groups is 2. The maximum Gasteiger partial charge on any atom is 0.171 e. The normalized spacial score (nSPS) is 13.9. The highest BCUT2D eigenvalue weighted by Crippen LogP contribution is 2.22. The van der Waals surface area contributed by atoms with Crippen LogP contribution in [0.15, 0.2) is 88.8 Å². The van der Waals surface area contributed by atoms with Crippen molar-refractivity contribution in [2.75, 3.05) is 0 Å². The molecule has 0 aromatic heterocycles. The lowest BCUT2D eigenvalue weighted by Crippen LogP contribution is -1.97. The Morgan fingerprint density at radius 1 is 0.593 bits per heavy atom. The average molecular weight is 360 g/mol. The number of aromatic hydroxyl groups is 1. The molecule has 0 aliphatic heterocycles. The zero-order chi connectivity index (χ0) is 19.1. The molecule has 3 N–H and O–H groups in total. The van der Waals surface area contributed by atoms with Gasteiger partial charge in [0.15, 0.2) is 12.5 Å². The summed E-state index contributed by atoms with van der Waals surface area (Å²) in [6.45, 7) is 0. The van der Waals surface area contributed by atoms with Crippen molar-refractivity contribution in [1.82, 2.24) is 0 Å². The van der Waals surface area contributed by atoms with Gasteiger partial charge in [0, 0.05) is 34.7 Å². The molecule has 0 spiro atoms. The van der Waals surface area contributed by atoms with Gasteiger partial charge in [0.1, 0.15) is 5.75 Å². The van der Waals surface area contributed by atoms with E-state index in [1.807, 2.05) is 36.4 Å². The van der Waals surface area contributed by atoms with Gasteiger partial charge in [0.25, 0.3) is 0 Å². The number of phenols is 1. The molecular formula is C22H20N2O3. The Kier molecular flexibility index (Phi) is 6.10. The topological polar surface area (TPSA) is 85.4 Å². The molecule has 3 aromatic carbocycles. The van der Waals surface area contributed by atoms with Gasteiger partial charge >= 0.3 is 0 Å². The predicted molar refractivity (Wildman–Crippen MR) is 106 cm³/mol. The Labute approximate surface area is 157 Å². The van der Waals surface area contributed by atoms with E-state index in [4.69, 9.17) is 0 Å². The molecule has 0 radical (unpaired) electrons. The fraction of sp³-hybridized carbons (Fsp3) is 0.0909. The van der Waals surface area contributed by atoms with E-state index in [9.17, 15) is 15.3 Å². The first-order valence-electron chi connectivity index (χ1n) is 8.49. The third-order valence-corrected chi connectivity index (χ3v) is 4.00. The van der Waals surface area contributed by atoms with Crippen LogP contribution in [0.5, 0.6) is 5.75 Å². The third-order valence-electron chi connectivity index (χ3n) is 4.00. The summed E-state index contributed by atoms with van der Waals surface area (Å²) in [6, 6.07) is 23.2. The molecule has 2 atom stereocenters. The lowest BCUT2D eigenvalue weighted by atomic mass is 10.1. The molecule has 0 aliphatic rings. The number of nitrogens with zero attached hydrogens (tertiary/aromatic N) is 2. The maximum absolute atomic E-state index is 10.4. The zero-order valence-corrected chi connectivity index (χ0v) is 14.6. The van der Waals surface area contributed by atoms with Gasteiger partial charge in [-0.05, 0) is 12.1 Å². The van der Waals surface area contributed by atoms with Crippen LogP contribution in [-0.4, -0.2) is 27.7 Å². The summed E-state index contributed by atoms with van der Waals surface area (Å²) in [5.74, 6) is -0.0227. The Bertz CT molecular complexity index is 851. The van der Waals surface area contributed by atoms with Crippen molar-refractivity contribution >= 4 is 12.4 Å². The minimum absolute atomic E-state index is 0.0227. The molecule has 0 saturated carbocycles. The molecule has 0 bridgehead atoms. The van der Waals surface area contributed by atoms with E-state index in [-0.39, 0.29) is 5.75 Å². The number of para-hydroxylation sites is 1. The van der Waals surface area contributed by atoms with Crippen molar-refractivity contribution in [2.24, 2.45) is 9.98 Å². The molecule has 27 heavy (non-hydrogen) atoms.